The Balaban J connectivity index is 1.42. The third-order valence-electron chi connectivity index (χ3n) is 5.24. The molecule has 3 rings (SSSR count). The predicted octanol–water partition coefficient (Wildman–Crippen LogP) is 0.145. The molecule has 1 aromatic rings. The number of nitrogens with zero attached hydrogens (tertiary/aromatic N) is 3. The van der Waals surface area contributed by atoms with Crippen LogP contribution in [0.5, 0.6) is 0 Å². The topological polar surface area (TPSA) is 118 Å². The highest BCUT2D eigenvalue weighted by Crippen LogP contribution is 2.20. The molecule has 2 aliphatic heterocycles. The third kappa shape index (κ3) is 5.32. The maximum atomic E-state index is 12.4. The molecule has 0 bridgehead atoms. The number of anilines is 1. The Morgan fingerprint density at radius 3 is 2.96 bits per heavy atom. The molecule has 3 heterocycles. The van der Waals surface area contributed by atoms with Gasteiger partial charge in [0.25, 0.3) is 0 Å². The van der Waals surface area contributed by atoms with Crippen molar-refractivity contribution in [1.82, 2.24) is 20.1 Å². The highest BCUT2D eigenvalue weighted by Gasteiger charge is 2.30. The van der Waals surface area contributed by atoms with Crippen LogP contribution in [0.4, 0.5) is 10.6 Å². The van der Waals surface area contributed by atoms with Gasteiger partial charge in [-0.2, -0.15) is 0 Å². The lowest BCUT2D eigenvalue weighted by Crippen LogP contribution is -2.59. The van der Waals surface area contributed by atoms with Crippen molar-refractivity contribution in [2.45, 2.75) is 31.7 Å². The zero-order chi connectivity index (χ0) is 19.9. The molecule has 9 heteroatoms. The Bertz CT molecular complexity index is 699. The minimum atomic E-state index is -0.902. The van der Waals surface area contributed by atoms with E-state index in [0.29, 0.717) is 26.2 Å². The Hall–Kier alpha value is -2.39. The molecule has 0 spiro atoms. The molecule has 0 aromatic carbocycles. The van der Waals surface area contributed by atoms with Gasteiger partial charge in [0, 0.05) is 38.4 Å². The second kappa shape index (κ2) is 9.70. The molecule has 0 unspecified atom stereocenters. The van der Waals surface area contributed by atoms with Gasteiger partial charge in [-0.25, -0.2) is 9.78 Å². The minimum absolute atomic E-state index is 0.0748. The van der Waals surface area contributed by atoms with Crippen molar-refractivity contribution in [2.24, 2.45) is 0 Å². The fourth-order valence-electron chi connectivity index (χ4n) is 3.75. The van der Waals surface area contributed by atoms with Crippen LogP contribution >= 0.6 is 0 Å². The summed E-state index contributed by atoms with van der Waals surface area (Å²) in [7, 11) is 0. The number of carbonyl (C=O) groups excluding carboxylic acids is 1. The van der Waals surface area contributed by atoms with Gasteiger partial charge in [0.05, 0.1) is 19.2 Å². The largest absolute Gasteiger partial charge is 0.480 e. The number of fused-ring (bicyclic) bond motifs is 1. The third-order valence-corrected chi connectivity index (χ3v) is 5.24. The summed E-state index contributed by atoms with van der Waals surface area (Å²) in [5.74, 6) is 0.0818. The average molecular weight is 391 g/mol. The fourth-order valence-corrected chi connectivity index (χ4v) is 3.75. The summed E-state index contributed by atoms with van der Waals surface area (Å²) in [5, 5.41) is 24.7. The van der Waals surface area contributed by atoms with Crippen LogP contribution in [0, 0.1) is 0 Å². The molecule has 0 saturated carbocycles. The number of carboxylic acids is 1. The summed E-state index contributed by atoms with van der Waals surface area (Å²) >= 11 is 0. The number of rotatable bonds is 7. The number of urea groups is 1. The monoisotopic (exact) mass is 391 g/mol. The lowest BCUT2D eigenvalue weighted by Gasteiger charge is -2.40. The van der Waals surface area contributed by atoms with Gasteiger partial charge in [0.2, 0.25) is 0 Å². The van der Waals surface area contributed by atoms with Crippen LogP contribution in [0.1, 0.15) is 24.1 Å². The Morgan fingerprint density at radius 2 is 2.18 bits per heavy atom. The number of piperazine rings is 1. The highest BCUT2D eigenvalue weighted by molar-refractivity contribution is 5.75. The van der Waals surface area contributed by atoms with Crippen molar-refractivity contribution in [3.05, 3.63) is 23.4 Å². The molecule has 9 nitrogen and oxygen atoms in total. The van der Waals surface area contributed by atoms with Crippen molar-refractivity contribution in [3.8, 4) is 0 Å². The van der Waals surface area contributed by atoms with Crippen LogP contribution in [0.3, 0.4) is 0 Å². The number of aliphatic carboxylic acids is 1. The molecule has 0 radical (unpaired) electrons. The molecule has 1 saturated heterocycles. The van der Waals surface area contributed by atoms with Crippen molar-refractivity contribution in [1.29, 1.82) is 0 Å². The van der Waals surface area contributed by atoms with E-state index >= 15 is 0 Å². The molecule has 1 aromatic heterocycles. The van der Waals surface area contributed by atoms with Gasteiger partial charge in [-0.05, 0) is 37.3 Å². The first-order valence-electron chi connectivity index (χ1n) is 9.89. The van der Waals surface area contributed by atoms with Crippen LogP contribution in [0.25, 0.3) is 0 Å². The van der Waals surface area contributed by atoms with Gasteiger partial charge in [0.15, 0.2) is 0 Å². The molecule has 2 amide bonds. The van der Waals surface area contributed by atoms with Crippen LogP contribution in [0.15, 0.2) is 12.1 Å². The van der Waals surface area contributed by atoms with Gasteiger partial charge >= 0.3 is 12.0 Å². The highest BCUT2D eigenvalue weighted by atomic mass is 16.4. The normalized spacial score (nSPS) is 19.6. The summed E-state index contributed by atoms with van der Waals surface area (Å²) < 4.78 is 0. The molecule has 154 valence electrons. The average Bonchev–Trinajstić information content (AvgIpc) is 2.70. The first-order valence-corrected chi connectivity index (χ1v) is 9.89. The van der Waals surface area contributed by atoms with Gasteiger partial charge in [-0.3, -0.25) is 9.69 Å². The number of nitrogens with one attached hydrogen (secondary N) is 2. The standard InChI is InChI=1S/C19H29N5O4/c25-13-16-11-23(12-17(26)27)9-10-24(16)19(28)21-8-2-4-15-6-5-14-3-1-7-20-18(14)22-15/h5-6,16,25H,1-4,7-13H2,(H,20,22)(H,21,28)(H,26,27)/t16-/m1/s1. The molecule has 1 atom stereocenters. The van der Waals surface area contributed by atoms with Crippen molar-refractivity contribution in [3.63, 3.8) is 0 Å². The van der Waals surface area contributed by atoms with E-state index in [4.69, 9.17) is 5.11 Å². The van der Waals surface area contributed by atoms with E-state index in [1.54, 1.807) is 9.80 Å². The number of aliphatic hydroxyl groups is 1. The summed E-state index contributed by atoms with van der Waals surface area (Å²) in [6, 6.07) is 3.58. The maximum Gasteiger partial charge on any atom is 0.317 e. The molecule has 28 heavy (non-hydrogen) atoms. The zero-order valence-electron chi connectivity index (χ0n) is 16.1. The van der Waals surface area contributed by atoms with E-state index in [-0.39, 0.29) is 25.2 Å². The van der Waals surface area contributed by atoms with E-state index in [2.05, 4.69) is 27.8 Å². The van der Waals surface area contributed by atoms with E-state index in [1.807, 2.05) is 0 Å². The molecule has 2 aliphatic rings. The smallest absolute Gasteiger partial charge is 0.317 e. The van der Waals surface area contributed by atoms with E-state index in [1.165, 1.54) is 5.56 Å². The van der Waals surface area contributed by atoms with Crippen molar-refractivity contribution < 1.29 is 19.8 Å². The molecule has 4 N–H and O–H groups in total. The summed E-state index contributed by atoms with van der Waals surface area (Å²) in [5.41, 5.74) is 2.28. The van der Waals surface area contributed by atoms with Crippen LogP contribution in [0.2, 0.25) is 0 Å². The van der Waals surface area contributed by atoms with Crippen LogP contribution < -0.4 is 10.6 Å². The number of carboxylic acid groups (broad SMARTS) is 1. The first-order chi connectivity index (χ1) is 13.6. The lowest BCUT2D eigenvalue weighted by molar-refractivity contribution is -0.139. The predicted molar refractivity (Wildman–Crippen MR) is 104 cm³/mol. The summed E-state index contributed by atoms with van der Waals surface area (Å²) in [6.45, 7) is 2.49. The van der Waals surface area contributed by atoms with Crippen molar-refractivity contribution >= 4 is 17.8 Å². The number of aliphatic hydroxyl groups excluding tert-OH is 1. The zero-order valence-corrected chi connectivity index (χ0v) is 16.1. The SMILES string of the molecule is O=C(O)CN1CCN(C(=O)NCCCc2ccc3c(n2)NCCC3)[C@@H](CO)C1. The molecule has 0 aliphatic carbocycles. The van der Waals surface area contributed by atoms with Crippen molar-refractivity contribution in [2.75, 3.05) is 51.2 Å². The maximum absolute atomic E-state index is 12.4. The van der Waals surface area contributed by atoms with Crippen LogP contribution in [-0.4, -0.2) is 88.9 Å². The van der Waals surface area contributed by atoms with Gasteiger partial charge in [-0.1, -0.05) is 6.07 Å². The summed E-state index contributed by atoms with van der Waals surface area (Å²) in [4.78, 5) is 31.3. The number of hydrogen-bond acceptors (Lipinski definition) is 6. The quantitative estimate of drug-likeness (QED) is 0.489. The van der Waals surface area contributed by atoms with E-state index in [0.717, 1.165) is 43.7 Å². The lowest BCUT2D eigenvalue weighted by atomic mass is 10.1. The Kier molecular flexibility index (Phi) is 7.05. The first kappa shape index (κ1) is 20.3. The Morgan fingerprint density at radius 1 is 1.32 bits per heavy atom. The second-order valence-corrected chi connectivity index (χ2v) is 7.33. The molecular weight excluding hydrogens is 362 g/mol. The van der Waals surface area contributed by atoms with Gasteiger partial charge in [0.1, 0.15) is 5.82 Å². The number of hydrogen-bond donors (Lipinski definition) is 4. The van der Waals surface area contributed by atoms with Gasteiger partial charge in [-0.15, -0.1) is 0 Å². The van der Waals surface area contributed by atoms with E-state index in [9.17, 15) is 14.7 Å². The summed E-state index contributed by atoms with van der Waals surface area (Å²) in [6.07, 6.45) is 3.77. The number of pyridine rings is 1. The fraction of sp³-hybridized carbons (Fsp3) is 0.632. The molecular formula is C19H29N5O4. The number of carbonyl (C=O) groups is 2. The Labute approximate surface area is 164 Å². The number of amides is 2. The molecule has 1 fully saturated rings. The van der Waals surface area contributed by atoms with Gasteiger partial charge < -0.3 is 25.7 Å². The number of aromatic nitrogens is 1. The second-order valence-electron chi connectivity index (χ2n) is 7.33. The van der Waals surface area contributed by atoms with Crippen LogP contribution in [-0.2, 0) is 17.6 Å². The number of aryl methyl sites for hydroxylation is 2. The minimum Gasteiger partial charge on any atom is -0.480 e. The van der Waals surface area contributed by atoms with E-state index < -0.39 is 5.97 Å².